The number of hydrogen-bond donors (Lipinski definition) is 2. The summed E-state index contributed by atoms with van der Waals surface area (Å²) in [4.78, 5) is 25.8. The van der Waals surface area contributed by atoms with Crippen LogP contribution in [0.3, 0.4) is 0 Å². The van der Waals surface area contributed by atoms with Crippen molar-refractivity contribution in [3.05, 3.63) is 71.0 Å². The number of fused-ring (bicyclic) bond motifs is 3. The molecular formula is C24H22N2O4. The Labute approximate surface area is 173 Å². The lowest BCUT2D eigenvalue weighted by Gasteiger charge is -2.21. The van der Waals surface area contributed by atoms with Gasteiger partial charge in [0.05, 0.1) is 23.8 Å². The SMILES string of the molecule is COc1ccc(C2=C(c3c4c(n5ccccc35)CCC(CO)C4)C(=O)NC2=O)cc1. The maximum absolute atomic E-state index is 13.0. The van der Waals surface area contributed by atoms with Crippen molar-refractivity contribution in [3.8, 4) is 5.75 Å². The van der Waals surface area contributed by atoms with Gasteiger partial charge in [0.2, 0.25) is 0 Å². The van der Waals surface area contributed by atoms with Gasteiger partial charge in [-0.15, -0.1) is 0 Å². The van der Waals surface area contributed by atoms with Gasteiger partial charge in [-0.2, -0.15) is 0 Å². The second kappa shape index (κ2) is 7.15. The molecule has 0 bridgehead atoms. The van der Waals surface area contributed by atoms with Gasteiger partial charge < -0.3 is 14.2 Å². The summed E-state index contributed by atoms with van der Waals surface area (Å²) in [5.74, 6) is 0.0665. The van der Waals surface area contributed by atoms with E-state index in [4.69, 9.17) is 4.74 Å². The number of amides is 2. The van der Waals surface area contributed by atoms with Crippen LogP contribution in [-0.2, 0) is 22.4 Å². The van der Waals surface area contributed by atoms with Gasteiger partial charge in [0.15, 0.2) is 0 Å². The van der Waals surface area contributed by atoms with Crippen LogP contribution in [0.25, 0.3) is 16.7 Å². The first-order valence-electron chi connectivity index (χ1n) is 10.1. The lowest BCUT2D eigenvalue weighted by atomic mass is 9.83. The minimum Gasteiger partial charge on any atom is -0.497 e. The number of nitrogens with one attached hydrogen (secondary N) is 1. The van der Waals surface area contributed by atoms with E-state index in [1.807, 2.05) is 24.4 Å². The molecule has 3 heterocycles. The fourth-order valence-corrected chi connectivity index (χ4v) is 4.71. The monoisotopic (exact) mass is 402 g/mol. The molecule has 1 atom stereocenters. The molecule has 30 heavy (non-hydrogen) atoms. The number of aliphatic hydroxyl groups excluding tert-OH is 1. The summed E-state index contributed by atoms with van der Waals surface area (Å²) in [6.45, 7) is 0.112. The maximum atomic E-state index is 13.0. The van der Waals surface area contributed by atoms with Crippen molar-refractivity contribution in [3.63, 3.8) is 0 Å². The van der Waals surface area contributed by atoms with Gasteiger partial charge in [0.1, 0.15) is 5.75 Å². The van der Waals surface area contributed by atoms with Crippen LogP contribution in [0.1, 0.15) is 28.8 Å². The van der Waals surface area contributed by atoms with Gasteiger partial charge >= 0.3 is 0 Å². The molecule has 2 aliphatic rings. The van der Waals surface area contributed by atoms with Crippen LogP contribution in [-0.4, -0.2) is 35.0 Å². The average Bonchev–Trinajstić information content (AvgIpc) is 3.25. The minimum absolute atomic E-state index is 0.112. The third-order valence-electron chi connectivity index (χ3n) is 6.16. The number of methoxy groups -OCH3 is 1. The van der Waals surface area contributed by atoms with Crippen LogP contribution < -0.4 is 10.1 Å². The molecule has 0 fully saturated rings. The van der Waals surface area contributed by atoms with Crippen molar-refractivity contribution in [1.29, 1.82) is 0 Å². The Morgan fingerprint density at radius 1 is 1.10 bits per heavy atom. The number of hydrogen-bond acceptors (Lipinski definition) is 4. The summed E-state index contributed by atoms with van der Waals surface area (Å²) in [6, 6.07) is 13.1. The number of carbonyl (C=O) groups excluding carboxylic acids is 2. The molecule has 2 aromatic heterocycles. The highest BCUT2D eigenvalue weighted by atomic mass is 16.5. The summed E-state index contributed by atoms with van der Waals surface area (Å²) in [6.07, 6.45) is 4.41. The third-order valence-corrected chi connectivity index (χ3v) is 6.16. The summed E-state index contributed by atoms with van der Waals surface area (Å²) in [7, 11) is 1.59. The van der Waals surface area contributed by atoms with Crippen molar-refractivity contribution in [1.82, 2.24) is 9.72 Å². The Balaban J connectivity index is 1.80. The van der Waals surface area contributed by atoms with Gasteiger partial charge in [-0.1, -0.05) is 18.2 Å². The highest BCUT2D eigenvalue weighted by molar-refractivity contribution is 6.50. The number of pyridine rings is 1. The fraction of sp³-hybridized carbons (Fsp3) is 0.250. The number of nitrogens with zero attached hydrogens (tertiary/aromatic N) is 1. The van der Waals surface area contributed by atoms with Crippen LogP contribution in [0.4, 0.5) is 0 Å². The first kappa shape index (κ1) is 18.6. The Morgan fingerprint density at radius 2 is 1.87 bits per heavy atom. The van der Waals surface area contributed by atoms with Gasteiger partial charge in [-0.05, 0) is 60.6 Å². The first-order valence-corrected chi connectivity index (χ1v) is 10.1. The van der Waals surface area contributed by atoms with E-state index in [0.29, 0.717) is 28.9 Å². The second-order valence-corrected chi connectivity index (χ2v) is 7.81. The molecule has 0 spiro atoms. The maximum Gasteiger partial charge on any atom is 0.259 e. The van der Waals surface area contributed by atoms with E-state index in [-0.39, 0.29) is 18.4 Å². The molecule has 5 rings (SSSR count). The Hall–Kier alpha value is -3.38. The molecule has 0 saturated heterocycles. The van der Waals surface area contributed by atoms with Crippen LogP contribution in [0.15, 0.2) is 48.7 Å². The molecular weight excluding hydrogens is 380 g/mol. The van der Waals surface area contributed by atoms with Crippen LogP contribution >= 0.6 is 0 Å². The molecule has 6 nitrogen and oxygen atoms in total. The number of ether oxygens (including phenoxy) is 1. The molecule has 1 aromatic carbocycles. The molecule has 0 radical (unpaired) electrons. The zero-order valence-electron chi connectivity index (χ0n) is 16.6. The largest absolute Gasteiger partial charge is 0.497 e. The Morgan fingerprint density at radius 3 is 2.60 bits per heavy atom. The predicted molar refractivity (Wildman–Crippen MR) is 113 cm³/mol. The number of aryl methyl sites for hydroxylation is 1. The lowest BCUT2D eigenvalue weighted by Crippen LogP contribution is -2.23. The van der Waals surface area contributed by atoms with Crippen LogP contribution in [0, 0.1) is 5.92 Å². The molecule has 6 heteroatoms. The van der Waals surface area contributed by atoms with Gasteiger partial charge in [0.25, 0.3) is 11.8 Å². The Kier molecular flexibility index (Phi) is 4.44. The molecule has 1 unspecified atom stereocenters. The quantitative estimate of drug-likeness (QED) is 0.658. The van der Waals surface area contributed by atoms with E-state index >= 15 is 0 Å². The highest BCUT2D eigenvalue weighted by Gasteiger charge is 2.37. The molecule has 152 valence electrons. The predicted octanol–water partition coefficient (Wildman–Crippen LogP) is 2.61. The molecule has 1 aliphatic carbocycles. The van der Waals surface area contributed by atoms with Crippen molar-refractivity contribution >= 4 is 28.5 Å². The number of benzene rings is 1. The smallest absolute Gasteiger partial charge is 0.259 e. The first-order chi connectivity index (χ1) is 14.6. The standard InChI is InChI=1S/C24H22N2O4/c1-30-16-8-6-15(7-9-16)20-22(24(29)25-23(20)28)21-17-12-14(13-27)5-10-18(17)26-11-3-2-4-19(21)26/h2-4,6-9,11,14,27H,5,10,12-13H2,1H3,(H,25,28,29). The fourth-order valence-electron chi connectivity index (χ4n) is 4.71. The van der Waals surface area contributed by atoms with Crippen LogP contribution in [0.2, 0.25) is 0 Å². The summed E-state index contributed by atoms with van der Waals surface area (Å²) < 4.78 is 7.34. The topological polar surface area (TPSA) is 80.0 Å². The molecule has 1 aliphatic heterocycles. The number of imide groups is 1. The van der Waals surface area contributed by atoms with E-state index in [2.05, 4.69) is 9.72 Å². The van der Waals surface area contributed by atoms with Gasteiger partial charge in [-0.3, -0.25) is 14.9 Å². The van der Waals surface area contributed by atoms with Crippen molar-refractivity contribution < 1.29 is 19.4 Å². The lowest BCUT2D eigenvalue weighted by molar-refractivity contribution is -0.122. The van der Waals surface area contributed by atoms with Gasteiger partial charge in [0, 0.05) is 24.1 Å². The van der Waals surface area contributed by atoms with E-state index in [1.165, 1.54) is 0 Å². The molecule has 3 aromatic rings. The highest BCUT2D eigenvalue weighted by Crippen LogP contribution is 2.41. The number of carbonyl (C=O) groups is 2. The minimum atomic E-state index is -0.390. The molecule has 2 N–H and O–H groups in total. The second-order valence-electron chi connectivity index (χ2n) is 7.81. The summed E-state index contributed by atoms with van der Waals surface area (Å²) in [5.41, 5.74) is 5.38. The van der Waals surface area contributed by atoms with E-state index in [0.717, 1.165) is 35.2 Å². The number of rotatable bonds is 4. The zero-order chi connectivity index (χ0) is 20.8. The van der Waals surface area contributed by atoms with Crippen molar-refractivity contribution in [2.24, 2.45) is 5.92 Å². The van der Waals surface area contributed by atoms with E-state index in [9.17, 15) is 14.7 Å². The zero-order valence-corrected chi connectivity index (χ0v) is 16.6. The average molecular weight is 402 g/mol. The van der Waals surface area contributed by atoms with E-state index < -0.39 is 5.91 Å². The number of aliphatic hydroxyl groups is 1. The molecule has 2 amide bonds. The normalized spacial score (nSPS) is 18.7. The van der Waals surface area contributed by atoms with Crippen LogP contribution in [0.5, 0.6) is 5.75 Å². The van der Waals surface area contributed by atoms with Crippen molar-refractivity contribution in [2.45, 2.75) is 19.3 Å². The Bertz CT molecular complexity index is 1200. The molecule has 0 saturated carbocycles. The van der Waals surface area contributed by atoms with E-state index in [1.54, 1.807) is 31.4 Å². The van der Waals surface area contributed by atoms with Gasteiger partial charge in [-0.25, -0.2) is 0 Å². The number of aromatic nitrogens is 1. The summed E-state index contributed by atoms with van der Waals surface area (Å²) in [5, 5.41) is 12.2. The summed E-state index contributed by atoms with van der Waals surface area (Å²) >= 11 is 0. The third kappa shape index (κ3) is 2.75. The van der Waals surface area contributed by atoms with Crippen molar-refractivity contribution in [2.75, 3.05) is 13.7 Å².